The Balaban J connectivity index is 1.40. The highest BCUT2D eigenvalue weighted by Crippen LogP contribution is 2.54. The number of nitrogens with one attached hydrogen (secondary N) is 1. The van der Waals surface area contributed by atoms with Gasteiger partial charge in [-0.25, -0.2) is 4.90 Å². The summed E-state index contributed by atoms with van der Waals surface area (Å²) < 4.78 is 2.19. The summed E-state index contributed by atoms with van der Waals surface area (Å²) in [6.07, 6.45) is 0. The zero-order valence-electron chi connectivity index (χ0n) is 20.3. The third-order valence-corrected chi connectivity index (χ3v) is 10.6. The molecule has 4 aromatic rings. The summed E-state index contributed by atoms with van der Waals surface area (Å²) in [5.41, 5.74) is 1.74. The SMILES string of the molecule is O=C(Cn1c2c(sc1=O)C(c1cccc(Br)c1)C1C(=O)N(c3ccccc3)C(=O)C1S2)Nc1ccc(Cl)c(Cl)c1. The second-order valence-electron chi connectivity index (χ2n) is 9.24. The van der Waals surface area contributed by atoms with Gasteiger partial charge in [0.2, 0.25) is 17.7 Å². The summed E-state index contributed by atoms with van der Waals surface area (Å²) in [5, 5.41) is 3.14. The molecule has 3 aromatic carbocycles. The Kier molecular flexibility index (Phi) is 7.39. The van der Waals surface area contributed by atoms with E-state index in [4.69, 9.17) is 23.2 Å². The van der Waals surface area contributed by atoms with Crippen LogP contribution in [0.2, 0.25) is 10.0 Å². The Morgan fingerprint density at radius 3 is 2.42 bits per heavy atom. The molecule has 3 atom stereocenters. The number of aromatic nitrogens is 1. The number of benzene rings is 3. The Hall–Kier alpha value is -2.89. The van der Waals surface area contributed by atoms with E-state index < -0.39 is 23.0 Å². The van der Waals surface area contributed by atoms with Crippen LogP contribution in [0.3, 0.4) is 0 Å². The summed E-state index contributed by atoms with van der Waals surface area (Å²) >= 11 is 17.7. The van der Waals surface area contributed by atoms with Crippen LogP contribution in [0, 0.1) is 5.92 Å². The number of hydrogen-bond donors (Lipinski definition) is 1. The molecule has 1 fully saturated rings. The van der Waals surface area contributed by atoms with Crippen molar-refractivity contribution in [3.63, 3.8) is 0 Å². The molecule has 0 aliphatic carbocycles. The monoisotopic (exact) mass is 673 g/mol. The first kappa shape index (κ1) is 27.3. The molecule has 12 heteroatoms. The van der Waals surface area contributed by atoms with E-state index in [0.29, 0.717) is 26.3 Å². The molecule has 2 aliphatic heterocycles. The number of fused-ring (bicyclic) bond motifs is 2. The van der Waals surface area contributed by atoms with Gasteiger partial charge in [-0.05, 0) is 48.0 Å². The number of anilines is 2. The largest absolute Gasteiger partial charge is 0.324 e. The highest BCUT2D eigenvalue weighted by Gasteiger charge is 2.56. The lowest BCUT2D eigenvalue weighted by Crippen LogP contribution is -2.33. The molecule has 1 saturated heterocycles. The maximum absolute atomic E-state index is 13.9. The van der Waals surface area contributed by atoms with Crippen molar-refractivity contribution in [3.8, 4) is 0 Å². The lowest BCUT2D eigenvalue weighted by atomic mass is 9.83. The van der Waals surface area contributed by atoms with Crippen LogP contribution in [0.1, 0.15) is 16.4 Å². The molecule has 0 bridgehead atoms. The van der Waals surface area contributed by atoms with Crippen molar-refractivity contribution in [2.75, 3.05) is 10.2 Å². The number of thiazole rings is 1. The summed E-state index contributed by atoms with van der Waals surface area (Å²) in [7, 11) is 0. The number of nitrogens with zero attached hydrogens (tertiary/aromatic N) is 2. The number of rotatable bonds is 5. The molecule has 3 unspecified atom stereocenters. The molecule has 0 saturated carbocycles. The minimum Gasteiger partial charge on any atom is -0.324 e. The Bertz CT molecular complexity index is 1740. The van der Waals surface area contributed by atoms with Crippen molar-refractivity contribution < 1.29 is 14.4 Å². The smallest absolute Gasteiger partial charge is 0.308 e. The zero-order chi connectivity index (χ0) is 28.1. The molecule has 0 radical (unpaired) electrons. The lowest BCUT2D eigenvalue weighted by Gasteiger charge is -2.30. The number of imide groups is 1. The van der Waals surface area contributed by atoms with Crippen LogP contribution < -0.4 is 15.1 Å². The van der Waals surface area contributed by atoms with Crippen molar-refractivity contribution in [2.24, 2.45) is 5.92 Å². The quantitative estimate of drug-likeness (QED) is 0.247. The molecule has 1 N–H and O–H groups in total. The van der Waals surface area contributed by atoms with Gasteiger partial charge in [0.1, 0.15) is 11.8 Å². The summed E-state index contributed by atoms with van der Waals surface area (Å²) in [4.78, 5) is 55.4. The number of hydrogen-bond acceptors (Lipinski definition) is 6. The van der Waals surface area contributed by atoms with E-state index in [9.17, 15) is 19.2 Å². The number of amides is 3. The molecule has 3 amide bonds. The topological polar surface area (TPSA) is 88.5 Å². The molecule has 3 heterocycles. The van der Waals surface area contributed by atoms with Crippen LogP contribution in [0.5, 0.6) is 0 Å². The van der Waals surface area contributed by atoms with Gasteiger partial charge in [-0.1, -0.05) is 92.6 Å². The van der Waals surface area contributed by atoms with Gasteiger partial charge in [-0.15, -0.1) is 0 Å². The van der Waals surface area contributed by atoms with E-state index in [-0.39, 0.29) is 28.3 Å². The van der Waals surface area contributed by atoms with Gasteiger partial charge in [-0.3, -0.25) is 23.7 Å². The normalized spacial score (nSPS) is 19.9. The molecule has 0 spiro atoms. The Morgan fingerprint density at radius 2 is 1.70 bits per heavy atom. The van der Waals surface area contributed by atoms with E-state index in [0.717, 1.165) is 21.4 Å². The van der Waals surface area contributed by atoms with Crippen LogP contribution in [0.15, 0.2) is 87.1 Å². The number of halogens is 3. The molecule has 1 aromatic heterocycles. The van der Waals surface area contributed by atoms with Gasteiger partial charge in [0.15, 0.2) is 0 Å². The summed E-state index contributed by atoms with van der Waals surface area (Å²) in [5.74, 6) is -2.35. The predicted molar refractivity (Wildman–Crippen MR) is 162 cm³/mol. The second kappa shape index (κ2) is 10.8. The van der Waals surface area contributed by atoms with Crippen molar-refractivity contribution in [1.29, 1.82) is 0 Å². The fraction of sp³-hybridized carbons (Fsp3) is 0.143. The van der Waals surface area contributed by atoms with E-state index >= 15 is 0 Å². The van der Waals surface area contributed by atoms with Crippen molar-refractivity contribution in [1.82, 2.24) is 4.57 Å². The maximum atomic E-state index is 13.9. The van der Waals surface area contributed by atoms with Gasteiger partial charge in [0.25, 0.3) is 0 Å². The summed E-state index contributed by atoms with van der Waals surface area (Å²) in [6.45, 7) is -0.273. The fourth-order valence-electron chi connectivity index (χ4n) is 5.06. The van der Waals surface area contributed by atoms with Gasteiger partial charge in [0.05, 0.1) is 26.7 Å². The number of thioether (sulfide) groups is 1. The number of para-hydroxylation sites is 1. The van der Waals surface area contributed by atoms with Gasteiger partial charge in [0, 0.05) is 21.0 Å². The Morgan fingerprint density at radius 1 is 0.925 bits per heavy atom. The summed E-state index contributed by atoms with van der Waals surface area (Å²) in [6, 6.07) is 21.0. The third kappa shape index (κ3) is 4.81. The molecule has 7 nitrogen and oxygen atoms in total. The van der Waals surface area contributed by atoms with Crippen LogP contribution in [0.25, 0.3) is 0 Å². The highest BCUT2D eigenvalue weighted by atomic mass is 79.9. The maximum Gasteiger partial charge on any atom is 0.308 e. The predicted octanol–water partition coefficient (Wildman–Crippen LogP) is 6.41. The van der Waals surface area contributed by atoms with Crippen LogP contribution in [0.4, 0.5) is 11.4 Å². The lowest BCUT2D eigenvalue weighted by molar-refractivity contribution is -0.122. The zero-order valence-corrected chi connectivity index (χ0v) is 25.1. The fourth-order valence-corrected chi connectivity index (χ4v) is 8.55. The van der Waals surface area contributed by atoms with Crippen LogP contribution in [-0.2, 0) is 20.9 Å². The van der Waals surface area contributed by atoms with E-state index in [2.05, 4.69) is 21.2 Å². The molecule has 6 rings (SSSR count). The first-order valence-corrected chi connectivity index (χ1v) is 15.3. The highest BCUT2D eigenvalue weighted by molar-refractivity contribution is 9.10. The second-order valence-corrected chi connectivity index (χ2v) is 13.1. The molecule has 40 heavy (non-hydrogen) atoms. The van der Waals surface area contributed by atoms with Gasteiger partial charge < -0.3 is 5.32 Å². The first-order valence-electron chi connectivity index (χ1n) is 12.1. The molecular formula is C28H18BrCl2N3O4S2. The Labute approximate surface area is 255 Å². The van der Waals surface area contributed by atoms with Crippen molar-refractivity contribution in [2.45, 2.75) is 22.7 Å². The molecule has 2 aliphatic rings. The minimum absolute atomic E-state index is 0.273. The average Bonchev–Trinajstić information content (AvgIpc) is 3.37. The minimum atomic E-state index is -0.762. The van der Waals surface area contributed by atoms with Crippen molar-refractivity contribution >= 4 is 91.3 Å². The van der Waals surface area contributed by atoms with E-state index in [1.54, 1.807) is 36.4 Å². The number of carbonyl (C=O) groups excluding carboxylic acids is 3. The van der Waals surface area contributed by atoms with Crippen LogP contribution in [-0.4, -0.2) is 27.5 Å². The van der Waals surface area contributed by atoms with Gasteiger partial charge in [-0.2, -0.15) is 0 Å². The van der Waals surface area contributed by atoms with E-state index in [1.807, 2.05) is 30.3 Å². The standard InChI is InChI=1S/C28H18BrCl2N3O4S2/c29-15-6-4-5-14(11-15)21-22-23(26(37)34(25(22)36)17-7-2-1-3-8-17)39-27-24(21)40-28(38)33(27)13-20(35)32-16-9-10-18(30)19(31)12-16/h1-12,21-23H,13H2,(H,32,35). The van der Waals surface area contributed by atoms with Crippen LogP contribution >= 0.6 is 62.2 Å². The number of carbonyl (C=O) groups is 3. The molecule has 202 valence electrons. The average molecular weight is 675 g/mol. The van der Waals surface area contributed by atoms with Gasteiger partial charge >= 0.3 is 4.87 Å². The van der Waals surface area contributed by atoms with E-state index in [1.165, 1.54) is 27.3 Å². The van der Waals surface area contributed by atoms with Crippen molar-refractivity contribution in [3.05, 3.63) is 107 Å². The molecular weight excluding hydrogens is 657 g/mol. The third-order valence-electron chi connectivity index (χ3n) is 6.78. The first-order chi connectivity index (χ1) is 19.2.